The van der Waals surface area contributed by atoms with Crippen LogP contribution in [-0.4, -0.2) is 24.0 Å². The lowest BCUT2D eigenvalue weighted by molar-refractivity contribution is -0.144. The van der Waals surface area contributed by atoms with Crippen molar-refractivity contribution in [2.45, 2.75) is 58.6 Å². The van der Waals surface area contributed by atoms with Gasteiger partial charge in [-0.3, -0.25) is 4.79 Å². The van der Waals surface area contributed by atoms with Gasteiger partial charge in [-0.1, -0.05) is 39.5 Å². The maximum Gasteiger partial charge on any atom is 0.331 e. The fraction of sp³-hybridized carbons (Fsp3) is 0.435. The number of hydrogen-bond donors (Lipinski definition) is 1. The van der Waals surface area contributed by atoms with E-state index in [4.69, 9.17) is 14.7 Å². The molecule has 154 valence electrons. The highest BCUT2D eigenvalue weighted by Gasteiger charge is 2.27. The summed E-state index contributed by atoms with van der Waals surface area (Å²) in [4.78, 5) is 24.3. The van der Waals surface area contributed by atoms with E-state index in [1.165, 1.54) is 6.08 Å². The predicted octanol–water partition coefficient (Wildman–Crippen LogP) is 4.13. The Labute approximate surface area is 172 Å². The number of rotatable bonds is 6. The zero-order chi connectivity index (χ0) is 21.4. The van der Waals surface area contributed by atoms with Crippen LogP contribution in [0.5, 0.6) is 5.75 Å². The summed E-state index contributed by atoms with van der Waals surface area (Å²) in [7, 11) is 0. The summed E-state index contributed by atoms with van der Waals surface area (Å²) in [5.41, 5.74) is 1.12. The van der Waals surface area contributed by atoms with Crippen LogP contribution in [0.1, 0.15) is 52.0 Å². The lowest BCUT2D eigenvalue weighted by atomic mass is 9.86. The minimum Gasteiger partial charge on any atom is -0.459 e. The summed E-state index contributed by atoms with van der Waals surface area (Å²) >= 11 is 0. The second kappa shape index (κ2) is 9.92. The van der Waals surface area contributed by atoms with Crippen LogP contribution in [0.25, 0.3) is 6.08 Å². The van der Waals surface area contributed by atoms with Gasteiger partial charge >= 0.3 is 5.97 Å². The first-order chi connectivity index (χ1) is 13.7. The third-order valence-corrected chi connectivity index (χ3v) is 4.93. The fourth-order valence-corrected chi connectivity index (χ4v) is 3.01. The third-order valence-electron chi connectivity index (χ3n) is 4.93. The van der Waals surface area contributed by atoms with E-state index >= 15 is 0 Å². The van der Waals surface area contributed by atoms with Crippen LogP contribution >= 0.6 is 0 Å². The molecular weight excluding hydrogens is 368 g/mol. The highest BCUT2D eigenvalue weighted by Crippen LogP contribution is 2.26. The van der Waals surface area contributed by atoms with Gasteiger partial charge < -0.3 is 14.8 Å². The maximum absolute atomic E-state index is 12.3. The summed E-state index contributed by atoms with van der Waals surface area (Å²) in [5, 5.41) is 11.5. The van der Waals surface area contributed by atoms with E-state index in [2.05, 4.69) is 11.9 Å². The van der Waals surface area contributed by atoms with Crippen molar-refractivity contribution in [2.75, 3.05) is 0 Å². The fourth-order valence-electron chi connectivity index (χ4n) is 3.01. The van der Waals surface area contributed by atoms with Crippen LogP contribution in [0.4, 0.5) is 0 Å². The summed E-state index contributed by atoms with van der Waals surface area (Å²) < 4.78 is 10.2. The Kier molecular flexibility index (Phi) is 7.60. The van der Waals surface area contributed by atoms with Gasteiger partial charge in [0.2, 0.25) is 5.91 Å². The minimum absolute atomic E-state index is 0.0845. The quantitative estimate of drug-likeness (QED) is 0.444. The van der Waals surface area contributed by atoms with Gasteiger partial charge in [-0.2, -0.15) is 0 Å². The lowest BCUT2D eigenvalue weighted by Gasteiger charge is -2.30. The average molecular weight is 396 g/mol. The number of nitrogens with zero attached hydrogens (tertiary/aromatic N) is 1. The number of benzene rings is 1. The first-order valence-electron chi connectivity index (χ1n) is 9.74. The van der Waals surface area contributed by atoms with Crippen molar-refractivity contribution in [3.63, 3.8) is 0 Å². The number of carbonyl (C=O) groups excluding carboxylic acids is 2. The van der Waals surface area contributed by atoms with Crippen LogP contribution in [-0.2, 0) is 14.3 Å². The standard InChI is InChI=1S/C23H28N2O4/c1-16(23(2,3)4)22(27)25-18-8-12-20(13-9-18)29-21(26)14-7-17-5-10-19(11-6-17)28-15-24/h5-7,10-11,14,18,20H,1,8-9,12-13H2,2-4H3,(H,25,27)/b14-7+. The van der Waals surface area contributed by atoms with Crippen molar-refractivity contribution in [3.05, 3.63) is 48.1 Å². The van der Waals surface area contributed by atoms with Crippen molar-refractivity contribution in [2.24, 2.45) is 5.41 Å². The lowest BCUT2D eigenvalue weighted by Crippen LogP contribution is -2.41. The molecular formula is C23H28N2O4. The molecule has 2 rings (SSSR count). The highest BCUT2D eigenvalue weighted by atomic mass is 16.5. The van der Waals surface area contributed by atoms with Crippen molar-refractivity contribution in [1.82, 2.24) is 5.32 Å². The Morgan fingerprint density at radius 1 is 1.17 bits per heavy atom. The maximum atomic E-state index is 12.3. The molecule has 0 bridgehead atoms. The number of amides is 1. The van der Waals surface area contributed by atoms with E-state index in [-0.39, 0.29) is 23.5 Å². The van der Waals surface area contributed by atoms with E-state index in [1.807, 2.05) is 20.8 Å². The number of nitriles is 1. The second-order valence-corrected chi connectivity index (χ2v) is 8.21. The monoisotopic (exact) mass is 396 g/mol. The summed E-state index contributed by atoms with van der Waals surface area (Å²) in [6.45, 7) is 9.79. The van der Waals surface area contributed by atoms with Crippen molar-refractivity contribution in [1.29, 1.82) is 5.26 Å². The highest BCUT2D eigenvalue weighted by molar-refractivity contribution is 5.94. The van der Waals surface area contributed by atoms with E-state index in [1.54, 1.807) is 36.6 Å². The molecule has 1 aromatic carbocycles. The number of esters is 1. The van der Waals surface area contributed by atoms with E-state index in [9.17, 15) is 9.59 Å². The number of nitrogens with one attached hydrogen (secondary N) is 1. The Hall–Kier alpha value is -3.07. The molecule has 0 atom stereocenters. The Bertz CT molecular complexity index is 805. The first kappa shape index (κ1) is 22.2. The van der Waals surface area contributed by atoms with E-state index in [0.29, 0.717) is 24.2 Å². The molecule has 1 aliphatic carbocycles. The number of carbonyl (C=O) groups is 2. The van der Waals surface area contributed by atoms with Gasteiger partial charge in [0.25, 0.3) is 6.26 Å². The molecule has 0 aliphatic heterocycles. The first-order valence-corrected chi connectivity index (χ1v) is 9.74. The zero-order valence-corrected chi connectivity index (χ0v) is 17.2. The van der Waals surface area contributed by atoms with Crippen LogP contribution < -0.4 is 10.1 Å². The van der Waals surface area contributed by atoms with Crippen molar-refractivity contribution in [3.8, 4) is 12.0 Å². The average Bonchev–Trinajstić information content (AvgIpc) is 2.68. The molecule has 0 unspecified atom stereocenters. The topological polar surface area (TPSA) is 88.4 Å². The van der Waals surface area contributed by atoms with Gasteiger partial charge in [0.15, 0.2) is 0 Å². The molecule has 1 saturated carbocycles. The van der Waals surface area contributed by atoms with Crippen molar-refractivity contribution < 1.29 is 19.1 Å². The van der Waals surface area contributed by atoms with Gasteiger partial charge in [-0.25, -0.2) is 4.79 Å². The van der Waals surface area contributed by atoms with E-state index in [0.717, 1.165) is 18.4 Å². The van der Waals surface area contributed by atoms with Gasteiger partial charge in [-0.15, -0.1) is 5.26 Å². The largest absolute Gasteiger partial charge is 0.459 e. The van der Waals surface area contributed by atoms with Crippen LogP contribution in [0, 0.1) is 16.9 Å². The summed E-state index contributed by atoms with van der Waals surface area (Å²) in [6, 6.07) is 6.88. The van der Waals surface area contributed by atoms with Gasteiger partial charge in [0.05, 0.1) is 0 Å². The Morgan fingerprint density at radius 2 is 1.79 bits per heavy atom. The normalized spacial score (nSPS) is 19.2. The third kappa shape index (κ3) is 7.11. The molecule has 0 aromatic heterocycles. The Balaban J connectivity index is 1.76. The molecule has 0 radical (unpaired) electrons. The molecule has 1 aromatic rings. The van der Waals surface area contributed by atoms with Crippen LogP contribution in [0.2, 0.25) is 0 Å². The smallest absolute Gasteiger partial charge is 0.331 e. The molecule has 6 heteroatoms. The zero-order valence-electron chi connectivity index (χ0n) is 17.2. The molecule has 0 saturated heterocycles. The molecule has 1 aliphatic rings. The van der Waals surface area contributed by atoms with Crippen LogP contribution in [0.3, 0.4) is 0 Å². The molecule has 6 nitrogen and oxygen atoms in total. The van der Waals surface area contributed by atoms with Gasteiger partial charge in [-0.05, 0) is 54.9 Å². The molecule has 1 fully saturated rings. The minimum atomic E-state index is -0.393. The molecule has 1 N–H and O–H groups in total. The van der Waals surface area contributed by atoms with E-state index < -0.39 is 5.97 Å². The summed E-state index contributed by atoms with van der Waals surface area (Å²) in [5.74, 6) is -0.0508. The van der Waals surface area contributed by atoms with Gasteiger partial charge in [0, 0.05) is 17.7 Å². The second-order valence-electron chi connectivity index (χ2n) is 8.21. The molecule has 1 amide bonds. The summed E-state index contributed by atoms with van der Waals surface area (Å²) in [6.07, 6.45) is 7.48. The Morgan fingerprint density at radius 3 is 2.34 bits per heavy atom. The molecule has 0 heterocycles. The molecule has 29 heavy (non-hydrogen) atoms. The van der Waals surface area contributed by atoms with Crippen molar-refractivity contribution >= 4 is 18.0 Å². The predicted molar refractivity (Wildman–Crippen MR) is 111 cm³/mol. The SMILES string of the molecule is C=C(C(=O)NC1CCC(OC(=O)/C=C/c2ccc(OC#N)cc2)CC1)C(C)(C)C. The van der Waals surface area contributed by atoms with Gasteiger partial charge in [0.1, 0.15) is 11.9 Å². The number of ether oxygens (including phenoxy) is 2. The van der Waals surface area contributed by atoms with Crippen LogP contribution in [0.15, 0.2) is 42.5 Å². The molecule has 0 spiro atoms. The number of hydrogen-bond acceptors (Lipinski definition) is 5.